The standard InChI is InChI=1S/C12H20BrN3O/c1-9(2)17-5-4-16(3)12-10(7-14)6-11(13)8-15-12/h6,8-9H,4-5,7,14H2,1-3H3. The molecule has 4 nitrogen and oxygen atoms in total. The van der Waals surface area contributed by atoms with Crippen molar-refractivity contribution >= 4 is 21.7 Å². The molecule has 1 aromatic rings. The van der Waals surface area contributed by atoms with E-state index in [-0.39, 0.29) is 6.10 Å². The highest BCUT2D eigenvalue weighted by Gasteiger charge is 2.08. The van der Waals surface area contributed by atoms with Crippen LogP contribution in [0.3, 0.4) is 0 Å². The first-order valence-electron chi connectivity index (χ1n) is 5.71. The molecule has 0 spiro atoms. The maximum atomic E-state index is 5.72. The molecular formula is C12H20BrN3O. The second-order valence-electron chi connectivity index (χ2n) is 4.18. The van der Waals surface area contributed by atoms with E-state index in [9.17, 15) is 0 Å². The molecule has 0 aliphatic rings. The average molecular weight is 302 g/mol. The fourth-order valence-electron chi connectivity index (χ4n) is 1.50. The highest BCUT2D eigenvalue weighted by atomic mass is 79.9. The molecule has 0 aliphatic carbocycles. The normalized spacial score (nSPS) is 10.9. The van der Waals surface area contributed by atoms with Crippen LogP contribution in [0.5, 0.6) is 0 Å². The van der Waals surface area contributed by atoms with E-state index in [1.807, 2.05) is 27.0 Å². The molecule has 0 fully saturated rings. The Balaban J connectivity index is 2.64. The lowest BCUT2D eigenvalue weighted by atomic mass is 10.2. The summed E-state index contributed by atoms with van der Waals surface area (Å²) < 4.78 is 6.47. The second-order valence-corrected chi connectivity index (χ2v) is 5.10. The number of nitrogens with two attached hydrogens (primary N) is 1. The van der Waals surface area contributed by atoms with Crippen molar-refractivity contribution in [3.05, 3.63) is 22.3 Å². The first-order valence-corrected chi connectivity index (χ1v) is 6.51. The van der Waals surface area contributed by atoms with E-state index in [4.69, 9.17) is 10.5 Å². The van der Waals surface area contributed by atoms with Gasteiger partial charge in [-0.25, -0.2) is 4.98 Å². The zero-order valence-corrected chi connectivity index (χ0v) is 12.2. The Kier molecular flexibility index (Phi) is 5.88. The van der Waals surface area contributed by atoms with Crippen LogP contribution in [-0.4, -0.2) is 31.3 Å². The van der Waals surface area contributed by atoms with E-state index in [1.165, 1.54) is 0 Å². The molecule has 0 unspecified atom stereocenters. The molecule has 0 atom stereocenters. The Labute approximate surface area is 111 Å². The molecule has 17 heavy (non-hydrogen) atoms. The third kappa shape index (κ3) is 4.61. The van der Waals surface area contributed by atoms with E-state index in [0.29, 0.717) is 13.2 Å². The minimum Gasteiger partial charge on any atom is -0.377 e. The van der Waals surface area contributed by atoms with Gasteiger partial charge < -0.3 is 15.4 Å². The maximum Gasteiger partial charge on any atom is 0.132 e. The number of anilines is 1. The Morgan fingerprint density at radius 2 is 2.24 bits per heavy atom. The summed E-state index contributed by atoms with van der Waals surface area (Å²) >= 11 is 3.40. The molecule has 5 heteroatoms. The summed E-state index contributed by atoms with van der Waals surface area (Å²) in [5.41, 5.74) is 6.75. The zero-order chi connectivity index (χ0) is 12.8. The summed E-state index contributed by atoms with van der Waals surface area (Å²) in [6.45, 7) is 6.04. The van der Waals surface area contributed by atoms with Gasteiger partial charge in [-0.3, -0.25) is 0 Å². The van der Waals surface area contributed by atoms with Crippen molar-refractivity contribution in [2.24, 2.45) is 5.73 Å². The number of rotatable bonds is 6. The SMILES string of the molecule is CC(C)OCCN(C)c1ncc(Br)cc1CN. The lowest BCUT2D eigenvalue weighted by Gasteiger charge is -2.21. The summed E-state index contributed by atoms with van der Waals surface area (Å²) in [6, 6.07) is 2.00. The van der Waals surface area contributed by atoms with Crippen LogP contribution in [-0.2, 0) is 11.3 Å². The van der Waals surface area contributed by atoms with Gasteiger partial charge >= 0.3 is 0 Å². The van der Waals surface area contributed by atoms with E-state index in [0.717, 1.165) is 22.4 Å². The predicted molar refractivity (Wildman–Crippen MR) is 74.2 cm³/mol. The molecule has 2 N–H and O–H groups in total. The molecule has 0 aromatic carbocycles. The molecule has 0 bridgehead atoms. The van der Waals surface area contributed by atoms with Crippen molar-refractivity contribution < 1.29 is 4.74 Å². The molecule has 0 amide bonds. The monoisotopic (exact) mass is 301 g/mol. The van der Waals surface area contributed by atoms with Crippen molar-refractivity contribution in [2.45, 2.75) is 26.5 Å². The number of nitrogens with zero attached hydrogens (tertiary/aromatic N) is 2. The van der Waals surface area contributed by atoms with Crippen LogP contribution in [0.2, 0.25) is 0 Å². The minimum absolute atomic E-state index is 0.259. The van der Waals surface area contributed by atoms with Gasteiger partial charge in [-0.15, -0.1) is 0 Å². The topological polar surface area (TPSA) is 51.4 Å². The van der Waals surface area contributed by atoms with Gasteiger partial charge in [0.2, 0.25) is 0 Å². The van der Waals surface area contributed by atoms with Crippen LogP contribution >= 0.6 is 15.9 Å². The van der Waals surface area contributed by atoms with Gasteiger partial charge in [0, 0.05) is 36.4 Å². The lowest BCUT2D eigenvalue weighted by Crippen LogP contribution is -2.26. The Morgan fingerprint density at radius 3 is 2.82 bits per heavy atom. The predicted octanol–water partition coefficient (Wildman–Crippen LogP) is 2.16. The molecule has 96 valence electrons. The van der Waals surface area contributed by atoms with Crippen LogP contribution in [0.15, 0.2) is 16.7 Å². The van der Waals surface area contributed by atoms with Gasteiger partial charge in [-0.1, -0.05) is 0 Å². The van der Waals surface area contributed by atoms with Gasteiger partial charge in [-0.05, 0) is 35.8 Å². The van der Waals surface area contributed by atoms with Gasteiger partial charge in [0.1, 0.15) is 5.82 Å². The molecule has 0 radical (unpaired) electrons. The van der Waals surface area contributed by atoms with Crippen molar-refractivity contribution in [3.63, 3.8) is 0 Å². The number of pyridine rings is 1. The average Bonchev–Trinajstić information content (AvgIpc) is 2.28. The Hall–Kier alpha value is -0.650. The van der Waals surface area contributed by atoms with Gasteiger partial charge in [-0.2, -0.15) is 0 Å². The molecule has 1 rings (SSSR count). The second kappa shape index (κ2) is 6.93. The van der Waals surface area contributed by atoms with E-state index in [1.54, 1.807) is 6.20 Å². The van der Waals surface area contributed by atoms with Crippen molar-refractivity contribution in [3.8, 4) is 0 Å². The van der Waals surface area contributed by atoms with Gasteiger partial charge in [0.05, 0.1) is 12.7 Å². The number of likely N-dealkylation sites (N-methyl/N-ethyl adjacent to an activating group) is 1. The number of halogens is 1. The lowest BCUT2D eigenvalue weighted by molar-refractivity contribution is 0.0845. The summed E-state index contributed by atoms with van der Waals surface area (Å²) in [6.07, 6.45) is 2.05. The van der Waals surface area contributed by atoms with E-state index in [2.05, 4.69) is 25.8 Å². The van der Waals surface area contributed by atoms with Gasteiger partial charge in [0.25, 0.3) is 0 Å². The van der Waals surface area contributed by atoms with Crippen molar-refractivity contribution in [1.82, 2.24) is 4.98 Å². The molecular weight excluding hydrogens is 282 g/mol. The summed E-state index contributed by atoms with van der Waals surface area (Å²) in [4.78, 5) is 6.46. The van der Waals surface area contributed by atoms with E-state index < -0.39 is 0 Å². The van der Waals surface area contributed by atoms with Gasteiger partial charge in [0.15, 0.2) is 0 Å². The number of hydrogen-bond acceptors (Lipinski definition) is 4. The van der Waals surface area contributed by atoms with Crippen LogP contribution in [0, 0.1) is 0 Å². The fraction of sp³-hybridized carbons (Fsp3) is 0.583. The maximum absolute atomic E-state index is 5.72. The Morgan fingerprint density at radius 1 is 1.53 bits per heavy atom. The van der Waals surface area contributed by atoms with Crippen LogP contribution in [0.4, 0.5) is 5.82 Å². The molecule has 0 aliphatic heterocycles. The Bertz CT molecular complexity index is 358. The largest absolute Gasteiger partial charge is 0.377 e. The summed E-state index contributed by atoms with van der Waals surface area (Å²) in [7, 11) is 2.00. The van der Waals surface area contributed by atoms with Crippen LogP contribution in [0.1, 0.15) is 19.4 Å². The first-order chi connectivity index (χ1) is 8.04. The molecule has 1 heterocycles. The highest BCUT2D eigenvalue weighted by Crippen LogP contribution is 2.20. The third-order valence-corrected chi connectivity index (χ3v) is 2.80. The highest BCUT2D eigenvalue weighted by molar-refractivity contribution is 9.10. The van der Waals surface area contributed by atoms with Crippen LogP contribution in [0.25, 0.3) is 0 Å². The number of hydrogen-bond donors (Lipinski definition) is 1. The zero-order valence-electron chi connectivity index (χ0n) is 10.6. The van der Waals surface area contributed by atoms with Crippen molar-refractivity contribution in [2.75, 3.05) is 25.1 Å². The first kappa shape index (κ1) is 14.4. The fourth-order valence-corrected chi connectivity index (χ4v) is 1.88. The molecule has 0 saturated carbocycles. The van der Waals surface area contributed by atoms with Crippen LogP contribution < -0.4 is 10.6 Å². The van der Waals surface area contributed by atoms with Crippen molar-refractivity contribution in [1.29, 1.82) is 0 Å². The molecule has 1 aromatic heterocycles. The summed E-state index contributed by atoms with van der Waals surface area (Å²) in [5, 5.41) is 0. The van der Waals surface area contributed by atoms with E-state index >= 15 is 0 Å². The third-order valence-electron chi connectivity index (χ3n) is 2.37. The number of ether oxygens (including phenoxy) is 1. The minimum atomic E-state index is 0.259. The summed E-state index contributed by atoms with van der Waals surface area (Å²) in [5.74, 6) is 0.919. The quantitative estimate of drug-likeness (QED) is 0.875. The molecule has 0 saturated heterocycles. The number of aromatic nitrogens is 1. The smallest absolute Gasteiger partial charge is 0.132 e.